The number of carbonyl (C=O) groups excluding carboxylic acids is 2. The maximum atomic E-state index is 11.6. The highest BCUT2D eigenvalue weighted by molar-refractivity contribution is 9.10. The highest BCUT2D eigenvalue weighted by atomic mass is 79.9. The Morgan fingerprint density at radius 3 is 2.45 bits per heavy atom. The minimum Gasteiger partial charge on any atom is -0.481 e. The molecule has 1 rings (SSSR count). The van der Waals surface area contributed by atoms with Crippen LogP contribution in [0.1, 0.15) is 24.4 Å². The van der Waals surface area contributed by atoms with Gasteiger partial charge in [0, 0.05) is 6.54 Å². The van der Waals surface area contributed by atoms with Crippen LogP contribution in [0.15, 0.2) is 21.2 Å². The molecular formula is C12H15BrN2O5. The zero-order valence-corrected chi connectivity index (χ0v) is 12.6. The average molecular weight is 347 g/mol. The Morgan fingerprint density at radius 1 is 1.30 bits per heavy atom. The lowest BCUT2D eigenvalue weighted by Crippen LogP contribution is -2.43. The van der Waals surface area contributed by atoms with Crippen LogP contribution in [0.5, 0.6) is 0 Å². The lowest BCUT2D eigenvalue weighted by molar-refractivity contribution is -0.146. The fraction of sp³-hybridized carbons (Fsp3) is 0.417. The largest absolute Gasteiger partial charge is 0.481 e. The van der Waals surface area contributed by atoms with E-state index >= 15 is 0 Å². The smallest absolute Gasteiger partial charge is 0.310 e. The van der Waals surface area contributed by atoms with Crippen LogP contribution in [0.3, 0.4) is 0 Å². The van der Waals surface area contributed by atoms with Gasteiger partial charge in [0.05, 0.1) is 12.0 Å². The Morgan fingerprint density at radius 2 is 1.95 bits per heavy atom. The molecule has 0 fully saturated rings. The van der Waals surface area contributed by atoms with Crippen molar-refractivity contribution in [2.24, 2.45) is 5.41 Å². The first-order chi connectivity index (χ1) is 9.22. The van der Waals surface area contributed by atoms with Crippen LogP contribution < -0.4 is 10.6 Å². The lowest BCUT2D eigenvalue weighted by Gasteiger charge is -2.19. The minimum absolute atomic E-state index is 0.0245. The predicted molar refractivity (Wildman–Crippen MR) is 73.2 cm³/mol. The molecule has 0 saturated carbocycles. The van der Waals surface area contributed by atoms with Crippen LogP contribution in [0.25, 0.3) is 0 Å². The summed E-state index contributed by atoms with van der Waals surface area (Å²) in [6, 6.07) is 3.02. The molecule has 0 unspecified atom stereocenters. The van der Waals surface area contributed by atoms with E-state index in [0.717, 1.165) is 0 Å². The Bertz CT molecular complexity index is 524. The number of halogens is 1. The Balaban J connectivity index is 2.37. The molecule has 0 aliphatic heterocycles. The summed E-state index contributed by atoms with van der Waals surface area (Å²) in [4.78, 5) is 33.9. The molecule has 0 radical (unpaired) electrons. The van der Waals surface area contributed by atoms with E-state index < -0.39 is 23.2 Å². The second-order valence-corrected chi connectivity index (χ2v) is 5.53. The van der Waals surface area contributed by atoms with Crippen LogP contribution >= 0.6 is 15.9 Å². The summed E-state index contributed by atoms with van der Waals surface area (Å²) in [7, 11) is 0. The van der Waals surface area contributed by atoms with E-state index in [1.54, 1.807) is 6.07 Å². The number of rotatable bonds is 6. The van der Waals surface area contributed by atoms with Crippen molar-refractivity contribution in [1.82, 2.24) is 10.6 Å². The Labute approximate surface area is 123 Å². The SMILES string of the molecule is CC(C)(CNC(=O)CNC(=O)c1ccc(Br)o1)C(=O)O. The number of carbonyl (C=O) groups is 3. The van der Waals surface area contributed by atoms with Crippen molar-refractivity contribution in [2.75, 3.05) is 13.1 Å². The predicted octanol–water partition coefficient (Wildman–Crippen LogP) is 0.999. The summed E-state index contributed by atoms with van der Waals surface area (Å²) in [5.41, 5.74) is -1.06. The quantitative estimate of drug-likeness (QED) is 0.711. The van der Waals surface area contributed by atoms with Gasteiger partial charge in [-0.05, 0) is 41.9 Å². The highest BCUT2D eigenvalue weighted by Gasteiger charge is 2.27. The Kier molecular flexibility index (Phi) is 5.32. The van der Waals surface area contributed by atoms with E-state index in [9.17, 15) is 14.4 Å². The molecule has 0 aliphatic carbocycles. The molecule has 0 atom stereocenters. The van der Waals surface area contributed by atoms with E-state index in [-0.39, 0.29) is 18.8 Å². The Hall–Kier alpha value is -1.83. The van der Waals surface area contributed by atoms with Crippen molar-refractivity contribution in [1.29, 1.82) is 0 Å². The molecule has 0 spiro atoms. The lowest BCUT2D eigenvalue weighted by atomic mass is 9.94. The van der Waals surface area contributed by atoms with Crippen molar-refractivity contribution in [2.45, 2.75) is 13.8 Å². The van der Waals surface area contributed by atoms with Crippen LogP contribution in [-0.2, 0) is 9.59 Å². The first-order valence-electron chi connectivity index (χ1n) is 5.76. The van der Waals surface area contributed by atoms with E-state index in [0.29, 0.717) is 4.67 Å². The third kappa shape index (κ3) is 4.69. The van der Waals surface area contributed by atoms with Crippen molar-refractivity contribution < 1.29 is 23.9 Å². The monoisotopic (exact) mass is 346 g/mol. The van der Waals surface area contributed by atoms with Gasteiger partial charge in [-0.1, -0.05) is 0 Å². The van der Waals surface area contributed by atoms with E-state index in [2.05, 4.69) is 26.6 Å². The molecule has 20 heavy (non-hydrogen) atoms. The summed E-state index contributed by atoms with van der Waals surface area (Å²) >= 11 is 3.06. The van der Waals surface area contributed by atoms with Gasteiger partial charge in [0.25, 0.3) is 5.91 Å². The summed E-state index contributed by atoms with van der Waals surface area (Å²) in [5, 5.41) is 13.7. The summed E-state index contributed by atoms with van der Waals surface area (Å²) < 4.78 is 5.43. The van der Waals surface area contributed by atoms with E-state index in [4.69, 9.17) is 9.52 Å². The van der Waals surface area contributed by atoms with Gasteiger partial charge in [-0.3, -0.25) is 14.4 Å². The van der Waals surface area contributed by atoms with Gasteiger partial charge >= 0.3 is 5.97 Å². The number of carboxylic acid groups (broad SMARTS) is 1. The third-order valence-electron chi connectivity index (χ3n) is 2.51. The molecule has 7 nitrogen and oxygen atoms in total. The molecule has 0 saturated heterocycles. The van der Waals surface area contributed by atoms with Crippen molar-refractivity contribution in [3.8, 4) is 0 Å². The normalized spacial score (nSPS) is 10.9. The molecule has 0 aromatic carbocycles. The number of hydrogen-bond acceptors (Lipinski definition) is 4. The summed E-state index contributed by atoms with van der Waals surface area (Å²) in [6.07, 6.45) is 0. The number of carboxylic acids is 1. The maximum absolute atomic E-state index is 11.6. The average Bonchev–Trinajstić information content (AvgIpc) is 2.80. The molecule has 0 bridgehead atoms. The van der Waals surface area contributed by atoms with Gasteiger partial charge in [0.15, 0.2) is 10.4 Å². The van der Waals surface area contributed by atoms with Crippen LogP contribution in [-0.4, -0.2) is 36.0 Å². The van der Waals surface area contributed by atoms with Gasteiger partial charge < -0.3 is 20.2 Å². The van der Waals surface area contributed by atoms with Crippen LogP contribution in [0.4, 0.5) is 0 Å². The highest BCUT2D eigenvalue weighted by Crippen LogP contribution is 2.14. The number of nitrogens with one attached hydrogen (secondary N) is 2. The van der Waals surface area contributed by atoms with Gasteiger partial charge in [-0.25, -0.2) is 0 Å². The molecule has 1 heterocycles. The van der Waals surface area contributed by atoms with Crippen molar-refractivity contribution >= 4 is 33.7 Å². The summed E-state index contributed by atoms with van der Waals surface area (Å²) in [6.45, 7) is 2.71. The molecular weight excluding hydrogens is 332 g/mol. The molecule has 1 aromatic rings. The van der Waals surface area contributed by atoms with Gasteiger partial charge in [0.1, 0.15) is 0 Å². The molecule has 3 N–H and O–H groups in total. The van der Waals surface area contributed by atoms with Gasteiger partial charge in [0.2, 0.25) is 5.91 Å². The number of hydrogen-bond donors (Lipinski definition) is 3. The molecule has 1 aromatic heterocycles. The van der Waals surface area contributed by atoms with Crippen molar-refractivity contribution in [3.63, 3.8) is 0 Å². The van der Waals surface area contributed by atoms with Gasteiger partial charge in [-0.2, -0.15) is 0 Å². The second kappa shape index (κ2) is 6.56. The molecule has 2 amide bonds. The number of aliphatic carboxylic acids is 1. The first kappa shape index (κ1) is 16.2. The fourth-order valence-electron chi connectivity index (χ4n) is 1.14. The maximum Gasteiger partial charge on any atom is 0.310 e. The van der Waals surface area contributed by atoms with Crippen molar-refractivity contribution in [3.05, 3.63) is 22.6 Å². The van der Waals surface area contributed by atoms with Crippen LogP contribution in [0.2, 0.25) is 0 Å². The third-order valence-corrected chi connectivity index (χ3v) is 2.94. The molecule has 0 aliphatic rings. The number of furan rings is 1. The van der Waals surface area contributed by atoms with Crippen LogP contribution in [0, 0.1) is 5.41 Å². The van der Waals surface area contributed by atoms with Gasteiger partial charge in [-0.15, -0.1) is 0 Å². The first-order valence-corrected chi connectivity index (χ1v) is 6.55. The minimum atomic E-state index is -1.06. The standard InChI is InChI=1S/C12H15BrN2O5/c1-12(2,11(18)19)6-15-9(16)5-14-10(17)7-3-4-8(13)20-7/h3-4H,5-6H2,1-2H3,(H,14,17)(H,15,16)(H,18,19). The molecule has 110 valence electrons. The topological polar surface area (TPSA) is 109 Å². The second-order valence-electron chi connectivity index (χ2n) is 4.75. The summed E-state index contributed by atoms with van der Waals surface area (Å²) in [5.74, 6) is -1.93. The fourth-order valence-corrected chi connectivity index (χ4v) is 1.45. The molecule has 8 heteroatoms. The zero-order valence-electron chi connectivity index (χ0n) is 11.0. The number of amides is 2. The van der Waals surface area contributed by atoms with E-state index in [1.807, 2.05) is 0 Å². The van der Waals surface area contributed by atoms with E-state index in [1.165, 1.54) is 19.9 Å². The zero-order chi connectivity index (χ0) is 15.3.